The van der Waals surface area contributed by atoms with Crippen LogP contribution in [0.5, 0.6) is 0 Å². The predicted octanol–water partition coefficient (Wildman–Crippen LogP) is 4.55. The van der Waals surface area contributed by atoms with Crippen molar-refractivity contribution in [2.24, 2.45) is 0 Å². The second-order valence-electron chi connectivity index (χ2n) is 6.52. The monoisotopic (exact) mass is 274 g/mol. The Kier molecular flexibility index (Phi) is 2.33. The Morgan fingerprint density at radius 3 is 2.19 bits per heavy atom. The van der Waals surface area contributed by atoms with E-state index in [1.54, 1.807) is 0 Å². The zero-order chi connectivity index (χ0) is 14.8. The Balaban J connectivity index is 2.12. The molecule has 0 amide bonds. The first kappa shape index (κ1) is 12.5. The van der Waals surface area contributed by atoms with Crippen LogP contribution in [0.15, 0.2) is 36.4 Å². The van der Waals surface area contributed by atoms with Crippen molar-refractivity contribution >= 4 is 11.0 Å². The SMILES string of the molecule is Cc1cc2nc3c(nc2cc1C)C(C)(C)c1ccccc1-3. The van der Waals surface area contributed by atoms with E-state index >= 15 is 0 Å². The van der Waals surface area contributed by atoms with Gasteiger partial charge < -0.3 is 0 Å². The molecule has 1 aromatic heterocycles. The fourth-order valence-corrected chi connectivity index (χ4v) is 3.30. The summed E-state index contributed by atoms with van der Waals surface area (Å²) in [5, 5.41) is 0. The van der Waals surface area contributed by atoms with Crippen molar-refractivity contribution in [3.8, 4) is 11.3 Å². The van der Waals surface area contributed by atoms with E-state index in [1.807, 2.05) is 0 Å². The molecule has 0 spiro atoms. The van der Waals surface area contributed by atoms with E-state index in [0.717, 1.165) is 22.4 Å². The first-order valence-corrected chi connectivity index (χ1v) is 7.38. The van der Waals surface area contributed by atoms with Crippen LogP contribution < -0.4 is 0 Å². The molecule has 2 nitrogen and oxygen atoms in total. The van der Waals surface area contributed by atoms with Gasteiger partial charge in [-0.15, -0.1) is 0 Å². The maximum atomic E-state index is 4.96. The van der Waals surface area contributed by atoms with Crippen LogP contribution in [-0.2, 0) is 5.41 Å². The summed E-state index contributed by atoms with van der Waals surface area (Å²) in [5.41, 5.74) is 9.14. The van der Waals surface area contributed by atoms with E-state index in [-0.39, 0.29) is 5.41 Å². The molecule has 0 aliphatic heterocycles. The fraction of sp³-hybridized carbons (Fsp3) is 0.263. The molecule has 2 aromatic carbocycles. The summed E-state index contributed by atoms with van der Waals surface area (Å²) < 4.78 is 0. The number of aromatic nitrogens is 2. The van der Waals surface area contributed by atoms with Gasteiger partial charge >= 0.3 is 0 Å². The summed E-state index contributed by atoms with van der Waals surface area (Å²) in [5.74, 6) is 0. The summed E-state index contributed by atoms with van der Waals surface area (Å²) in [6, 6.07) is 12.8. The summed E-state index contributed by atoms with van der Waals surface area (Å²) in [7, 11) is 0. The summed E-state index contributed by atoms with van der Waals surface area (Å²) in [4.78, 5) is 9.89. The molecular formula is C19H18N2. The van der Waals surface area contributed by atoms with E-state index in [9.17, 15) is 0 Å². The lowest BCUT2D eigenvalue weighted by molar-refractivity contribution is 0.638. The van der Waals surface area contributed by atoms with Crippen molar-refractivity contribution in [2.75, 3.05) is 0 Å². The molecule has 1 aliphatic rings. The zero-order valence-corrected chi connectivity index (χ0v) is 12.9. The quantitative estimate of drug-likeness (QED) is 0.601. The molecule has 0 fully saturated rings. The van der Waals surface area contributed by atoms with Gasteiger partial charge in [0.05, 0.1) is 22.4 Å². The van der Waals surface area contributed by atoms with Gasteiger partial charge in [-0.25, -0.2) is 9.97 Å². The van der Waals surface area contributed by atoms with Crippen molar-refractivity contribution in [2.45, 2.75) is 33.1 Å². The van der Waals surface area contributed by atoms with E-state index in [2.05, 4.69) is 64.1 Å². The van der Waals surface area contributed by atoms with Gasteiger partial charge in [0.1, 0.15) is 0 Å². The molecule has 0 N–H and O–H groups in total. The molecule has 21 heavy (non-hydrogen) atoms. The molecule has 0 atom stereocenters. The maximum Gasteiger partial charge on any atom is 0.0937 e. The number of fused-ring (bicyclic) bond motifs is 4. The first-order valence-electron chi connectivity index (χ1n) is 7.38. The van der Waals surface area contributed by atoms with Gasteiger partial charge in [-0.1, -0.05) is 38.1 Å². The van der Waals surface area contributed by atoms with Crippen LogP contribution in [0.1, 0.15) is 36.2 Å². The van der Waals surface area contributed by atoms with Gasteiger partial charge in [0, 0.05) is 11.0 Å². The van der Waals surface area contributed by atoms with E-state index in [1.165, 1.54) is 22.3 Å². The number of rotatable bonds is 0. The van der Waals surface area contributed by atoms with Gasteiger partial charge in [0.15, 0.2) is 0 Å². The lowest BCUT2D eigenvalue weighted by Crippen LogP contribution is -2.17. The van der Waals surface area contributed by atoms with Crippen LogP contribution in [0.3, 0.4) is 0 Å². The van der Waals surface area contributed by atoms with Crippen LogP contribution in [-0.4, -0.2) is 9.97 Å². The van der Waals surface area contributed by atoms with Gasteiger partial charge in [-0.05, 0) is 42.7 Å². The Bertz CT molecular complexity index is 891. The summed E-state index contributed by atoms with van der Waals surface area (Å²) >= 11 is 0. The largest absolute Gasteiger partial charge is 0.248 e. The second kappa shape index (κ2) is 3.91. The molecule has 3 aromatic rings. The lowest BCUT2D eigenvalue weighted by atomic mass is 9.85. The summed E-state index contributed by atoms with van der Waals surface area (Å²) in [6.07, 6.45) is 0. The number of aryl methyl sites for hydroxylation is 2. The van der Waals surface area contributed by atoms with Crippen LogP contribution in [0, 0.1) is 13.8 Å². The molecular weight excluding hydrogens is 256 g/mol. The average molecular weight is 274 g/mol. The molecule has 2 heteroatoms. The molecule has 104 valence electrons. The smallest absolute Gasteiger partial charge is 0.0937 e. The van der Waals surface area contributed by atoms with Crippen molar-refractivity contribution < 1.29 is 0 Å². The van der Waals surface area contributed by atoms with E-state index in [4.69, 9.17) is 9.97 Å². The Morgan fingerprint density at radius 2 is 1.48 bits per heavy atom. The topological polar surface area (TPSA) is 25.8 Å². The van der Waals surface area contributed by atoms with Gasteiger partial charge in [0.2, 0.25) is 0 Å². The van der Waals surface area contributed by atoms with Gasteiger partial charge in [-0.3, -0.25) is 0 Å². The minimum absolute atomic E-state index is 0.0775. The maximum absolute atomic E-state index is 4.96. The third-order valence-corrected chi connectivity index (χ3v) is 4.73. The number of hydrogen-bond donors (Lipinski definition) is 0. The Hall–Kier alpha value is -2.22. The lowest BCUT2D eigenvalue weighted by Gasteiger charge is -2.19. The molecule has 0 saturated heterocycles. The van der Waals surface area contributed by atoms with Gasteiger partial charge in [-0.2, -0.15) is 0 Å². The minimum atomic E-state index is -0.0775. The van der Waals surface area contributed by atoms with E-state index in [0.29, 0.717) is 0 Å². The molecule has 4 rings (SSSR count). The van der Waals surface area contributed by atoms with Crippen LogP contribution in [0.25, 0.3) is 22.3 Å². The first-order chi connectivity index (χ1) is 9.98. The van der Waals surface area contributed by atoms with Crippen molar-refractivity contribution in [3.05, 3.63) is 58.8 Å². The van der Waals surface area contributed by atoms with Crippen molar-refractivity contribution in [1.29, 1.82) is 0 Å². The van der Waals surface area contributed by atoms with Crippen LogP contribution >= 0.6 is 0 Å². The number of nitrogens with zero attached hydrogens (tertiary/aromatic N) is 2. The predicted molar refractivity (Wildman–Crippen MR) is 86.6 cm³/mol. The molecule has 1 heterocycles. The molecule has 1 aliphatic carbocycles. The number of hydrogen-bond acceptors (Lipinski definition) is 2. The number of benzene rings is 2. The molecule has 0 radical (unpaired) electrons. The standard InChI is InChI=1S/C19H18N2/c1-11-9-15-16(10-12(11)2)21-18-17(20-15)13-7-5-6-8-14(13)19(18,3)4/h5-10H,1-4H3. The zero-order valence-electron chi connectivity index (χ0n) is 12.9. The van der Waals surface area contributed by atoms with Crippen LogP contribution in [0.2, 0.25) is 0 Å². The molecule has 0 saturated carbocycles. The third-order valence-electron chi connectivity index (χ3n) is 4.73. The minimum Gasteiger partial charge on any atom is -0.248 e. The second-order valence-corrected chi connectivity index (χ2v) is 6.52. The van der Waals surface area contributed by atoms with Crippen molar-refractivity contribution in [3.63, 3.8) is 0 Å². The van der Waals surface area contributed by atoms with E-state index < -0.39 is 0 Å². The molecule has 0 unspecified atom stereocenters. The van der Waals surface area contributed by atoms with Crippen molar-refractivity contribution in [1.82, 2.24) is 9.97 Å². The molecule has 0 bridgehead atoms. The highest BCUT2D eigenvalue weighted by Gasteiger charge is 2.38. The normalized spacial score (nSPS) is 15.0. The highest BCUT2D eigenvalue weighted by molar-refractivity contribution is 5.84. The van der Waals surface area contributed by atoms with Gasteiger partial charge in [0.25, 0.3) is 0 Å². The fourth-order valence-electron chi connectivity index (χ4n) is 3.30. The van der Waals surface area contributed by atoms with Crippen LogP contribution in [0.4, 0.5) is 0 Å². The average Bonchev–Trinajstić information content (AvgIpc) is 2.68. The highest BCUT2D eigenvalue weighted by atomic mass is 14.9. The third kappa shape index (κ3) is 1.59. The Morgan fingerprint density at radius 1 is 0.857 bits per heavy atom. The Labute approximate surface area is 124 Å². The summed E-state index contributed by atoms with van der Waals surface area (Å²) in [6.45, 7) is 8.73. The highest BCUT2D eigenvalue weighted by Crippen LogP contribution is 2.46.